The molecule has 0 fully saturated rings. The second-order valence-electron chi connectivity index (χ2n) is 4.70. The Kier molecular flexibility index (Phi) is 5.40. The van der Waals surface area contributed by atoms with Crippen LogP contribution in [-0.4, -0.2) is 22.4 Å². The number of thiocarbonyl (C=S) groups is 1. The van der Waals surface area contributed by atoms with Crippen molar-refractivity contribution in [3.63, 3.8) is 0 Å². The van der Waals surface area contributed by atoms with Crippen LogP contribution < -0.4 is 11.1 Å². The van der Waals surface area contributed by atoms with E-state index >= 15 is 0 Å². The first kappa shape index (κ1) is 15.1. The van der Waals surface area contributed by atoms with Crippen molar-refractivity contribution in [3.05, 3.63) is 65.5 Å². The van der Waals surface area contributed by atoms with Gasteiger partial charge in [-0.2, -0.15) is 0 Å². The molecule has 1 heterocycles. The van der Waals surface area contributed by atoms with Gasteiger partial charge < -0.3 is 11.1 Å². The number of nitrogens with one attached hydrogen (secondary N) is 1. The molecule has 0 aliphatic rings. The fourth-order valence-electron chi connectivity index (χ4n) is 1.93. The summed E-state index contributed by atoms with van der Waals surface area (Å²) in [7, 11) is 0. The van der Waals surface area contributed by atoms with Crippen LogP contribution in [0.3, 0.4) is 0 Å². The third kappa shape index (κ3) is 4.96. The maximum Gasteiger partial charge on any atom is 0.224 e. The van der Waals surface area contributed by atoms with Gasteiger partial charge in [-0.25, -0.2) is 0 Å². The summed E-state index contributed by atoms with van der Waals surface area (Å²) in [5.41, 5.74) is 8.39. The monoisotopic (exact) mass is 299 g/mol. The standard InChI is InChI=1S/C16H17N3OS/c17-16(21)14-5-3-12(4-6-14)10-15(20)19-9-7-13-2-1-8-18-11-13/h1-6,8,11H,7,9-10H2,(H2,17,21)(H,19,20). The van der Waals surface area contributed by atoms with Crippen LogP contribution in [0.5, 0.6) is 0 Å². The second kappa shape index (κ2) is 7.50. The van der Waals surface area contributed by atoms with Gasteiger partial charge in [0, 0.05) is 24.5 Å². The zero-order valence-corrected chi connectivity index (χ0v) is 12.4. The van der Waals surface area contributed by atoms with Gasteiger partial charge >= 0.3 is 0 Å². The Bertz CT molecular complexity index is 611. The molecule has 0 radical (unpaired) electrons. The van der Waals surface area contributed by atoms with Crippen molar-refractivity contribution in [3.8, 4) is 0 Å². The van der Waals surface area contributed by atoms with E-state index in [1.54, 1.807) is 12.4 Å². The number of nitrogens with zero attached hydrogens (tertiary/aromatic N) is 1. The Labute approximate surface area is 129 Å². The highest BCUT2D eigenvalue weighted by atomic mass is 32.1. The van der Waals surface area contributed by atoms with Crippen LogP contribution >= 0.6 is 12.2 Å². The average molecular weight is 299 g/mol. The smallest absolute Gasteiger partial charge is 0.224 e. The molecule has 0 aliphatic carbocycles. The van der Waals surface area contributed by atoms with Crippen molar-refractivity contribution in [1.29, 1.82) is 0 Å². The van der Waals surface area contributed by atoms with E-state index in [0.29, 0.717) is 18.0 Å². The zero-order valence-electron chi connectivity index (χ0n) is 11.6. The number of carbonyl (C=O) groups excluding carboxylic acids is 1. The largest absolute Gasteiger partial charge is 0.389 e. The van der Waals surface area contributed by atoms with Gasteiger partial charge in [0.25, 0.3) is 0 Å². The third-order valence-corrected chi connectivity index (χ3v) is 3.30. The predicted molar refractivity (Wildman–Crippen MR) is 87.0 cm³/mol. The molecule has 0 saturated heterocycles. The molecule has 5 heteroatoms. The van der Waals surface area contributed by atoms with Gasteiger partial charge in [0.15, 0.2) is 0 Å². The maximum atomic E-state index is 11.8. The van der Waals surface area contributed by atoms with Crippen molar-refractivity contribution < 1.29 is 4.79 Å². The van der Waals surface area contributed by atoms with Gasteiger partial charge in [0.05, 0.1) is 6.42 Å². The zero-order chi connectivity index (χ0) is 15.1. The van der Waals surface area contributed by atoms with Gasteiger partial charge in [-0.05, 0) is 23.6 Å². The lowest BCUT2D eigenvalue weighted by Crippen LogP contribution is -2.27. The Morgan fingerprint density at radius 2 is 1.95 bits per heavy atom. The lowest BCUT2D eigenvalue weighted by molar-refractivity contribution is -0.120. The molecule has 0 saturated carbocycles. The van der Waals surface area contributed by atoms with Crippen LogP contribution in [0.1, 0.15) is 16.7 Å². The first-order chi connectivity index (χ1) is 10.1. The second-order valence-corrected chi connectivity index (χ2v) is 5.14. The van der Waals surface area contributed by atoms with E-state index in [4.69, 9.17) is 18.0 Å². The minimum atomic E-state index is 0.00182. The van der Waals surface area contributed by atoms with Gasteiger partial charge in [-0.15, -0.1) is 0 Å². The van der Waals surface area contributed by atoms with Crippen molar-refractivity contribution in [2.24, 2.45) is 5.73 Å². The number of rotatable bonds is 6. The number of benzene rings is 1. The maximum absolute atomic E-state index is 11.8. The fourth-order valence-corrected chi connectivity index (χ4v) is 2.06. The van der Waals surface area contributed by atoms with E-state index in [1.807, 2.05) is 36.4 Å². The highest BCUT2D eigenvalue weighted by molar-refractivity contribution is 7.80. The van der Waals surface area contributed by atoms with Gasteiger partial charge in [0.2, 0.25) is 5.91 Å². The molecule has 4 nitrogen and oxygen atoms in total. The summed E-state index contributed by atoms with van der Waals surface area (Å²) >= 11 is 4.89. The van der Waals surface area contributed by atoms with Crippen molar-refractivity contribution in [2.45, 2.75) is 12.8 Å². The van der Waals surface area contributed by atoms with Gasteiger partial charge in [-0.3, -0.25) is 9.78 Å². The number of hydrogen-bond donors (Lipinski definition) is 2. The number of hydrogen-bond acceptors (Lipinski definition) is 3. The van der Waals surface area contributed by atoms with E-state index in [9.17, 15) is 4.79 Å². The SMILES string of the molecule is NC(=S)c1ccc(CC(=O)NCCc2cccnc2)cc1. The topological polar surface area (TPSA) is 68.0 Å². The fraction of sp³-hybridized carbons (Fsp3) is 0.188. The summed E-state index contributed by atoms with van der Waals surface area (Å²) in [6, 6.07) is 11.3. The quantitative estimate of drug-likeness (QED) is 0.795. The Morgan fingerprint density at radius 1 is 1.19 bits per heavy atom. The molecule has 0 spiro atoms. The van der Waals surface area contributed by atoms with Gasteiger partial charge in [-0.1, -0.05) is 42.5 Å². The lowest BCUT2D eigenvalue weighted by Gasteiger charge is -2.06. The number of aromatic nitrogens is 1. The predicted octanol–water partition coefficient (Wildman–Crippen LogP) is 1.62. The number of carbonyl (C=O) groups is 1. The molecule has 108 valence electrons. The molecular weight excluding hydrogens is 282 g/mol. The normalized spacial score (nSPS) is 10.1. The van der Waals surface area contributed by atoms with Crippen LogP contribution in [0, 0.1) is 0 Å². The van der Waals surface area contributed by atoms with Crippen LogP contribution in [0.4, 0.5) is 0 Å². The van der Waals surface area contributed by atoms with Crippen LogP contribution in [0.25, 0.3) is 0 Å². The van der Waals surface area contributed by atoms with E-state index < -0.39 is 0 Å². The molecule has 0 unspecified atom stereocenters. The molecule has 1 amide bonds. The van der Waals surface area contributed by atoms with E-state index in [1.165, 1.54) is 0 Å². The molecule has 0 atom stereocenters. The van der Waals surface area contributed by atoms with Crippen LogP contribution in [-0.2, 0) is 17.6 Å². The summed E-state index contributed by atoms with van der Waals surface area (Å²) in [4.78, 5) is 16.2. The lowest BCUT2D eigenvalue weighted by atomic mass is 10.1. The summed E-state index contributed by atoms with van der Waals surface area (Å²) in [5, 5.41) is 2.90. The van der Waals surface area contributed by atoms with E-state index in [0.717, 1.165) is 23.1 Å². The first-order valence-electron chi connectivity index (χ1n) is 6.69. The summed E-state index contributed by atoms with van der Waals surface area (Å²) in [6.07, 6.45) is 4.67. The molecular formula is C16H17N3OS. The summed E-state index contributed by atoms with van der Waals surface area (Å²) in [6.45, 7) is 0.607. The van der Waals surface area contributed by atoms with Crippen molar-refractivity contribution in [1.82, 2.24) is 10.3 Å². The number of amides is 1. The molecule has 2 rings (SSSR count). The molecule has 21 heavy (non-hydrogen) atoms. The number of pyridine rings is 1. The van der Waals surface area contributed by atoms with Crippen LogP contribution in [0.15, 0.2) is 48.8 Å². The van der Waals surface area contributed by atoms with Crippen LogP contribution in [0.2, 0.25) is 0 Å². The van der Waals surface area contributed by atoms with Gasteiger partial charge in [0.1, 0.15) is 4.99 Å². The number of nitrogens with two attached hydrogens (primary N) is 1. The summed E-state index contributed by atoms with van der Waals surface area (Å²) < 4.78 is 0. The Balaban J connectivity index is 1.78. The first-order valence-corrected chi connectivity index (χ1v) is 7.10. The minimum Gasteiger partial charge on any atom is -0.389 e. The van der Waals surface area contributed by atoms with E-state index in [-0.39, 0.29) is 5.91 Å². The van der Waals surface area contributed by atoms with Crippen molar-refractivity contribution in [2.75, 3.05) is 6.54 Å². The molecule has 2 aromatic rings. The highest BCUT2D eigenvalue weighted by Gasteiger charge is 2.04. The molecule has 0 bridgehead atoms. The molecule has 1 aromatic carbocycles. The Morgan fingerprint density at radius 3 is 2.57 bits per heavy atom. The molecule has 1 aromatic heterocycles. The average Bonchev–Trinajstić information content (AvgIpc) is 2.49. The highest BCUT2D eigenvalue weighted by Crippen LogP contribution is 2.05. The molecule has 0 aliphatic heterocycles. The minimum absolute atomic E-state index is 0.00182. The molecule has 3 N–H and O–H groups in total. The third-order valence-electron chi connectivity index (χ3n) is 3.06. The van der Waals surface area contributed by atoms with E-state index in [2.05, 4.69) is 10.3 Å². The van der Waals surface area contributed by atoms with Crippen molar-refractivity contribution >= 4 is 23.1 Å². The Hall–Kier alpha value is -2.27. The summed E-state index contributed by atoms with van der Waals surface area (Å²) in [5.74, 6) is 0.00182.